The van der Waals surface area contributed by atoms with Crippen LogP contribution in [0.5, 0.6) is 0 Å². The van der Waals surface area contributed by atoms with Gasteiger partial charge in [0, 0.05) is 11.8 Å². The van der Waals surface area contributed by atoms with Gasteiger partial charge in [0.15, 0.2) is 16.7 Å². The first-order valence-electron chi connectivity index (χ1n) is 5.57. The van der Waals surface area contributed by atoms with Gasteiger partial charge in [-0.15, -0.1) is 0 Å². The van der Waals surface area contributed by atoms with Gasteiger partial charge in [0.1, 0.15) is 0 Å². The second kappa shape index (κ2) is 4.31. The maximum Gasteiger partial charge on any atom is 0.178 e. The Morgan fingerprint density at radius 1 is 1.22 bits per heavy atom. The van der Waals surface area contributed by atoms with Gasteiger partial charge in [-0.25, -0.2) is 8.78 Å². The van der Waals surface area contributed by atoms with Crippen LogP contribution in [0.25, 0.3) is 0 Å². The van der Waals surface area contributed by atoms with Crippen molar-refractivity contribution in [3.63, 3.8) is 0 Å². The number of allylic oxidation sites excluding steroid dienone is 1. The first kappa shape index (κ1) is 13.0. The quantitative estimate of drug-likeness (QED) is 0.786. The number of halogens is 2. The molecule has 0 radical (unpaired) electrons. The van der Waals surface area contributed by atoms with E-state index < -0.39 is 11.6 Å². The van der Waals surface area contributed by atoms with Crippen LogP contribution in [0, 0.1) is 11.6 Å². The van der Waals surface area contributed by atoms with E-state index in [1.54, 1.807) is 4.90 Å². The van der Waals surface area contributed by atoms with Crippen LogP contribution in [-0.2, 0) is 0 Å². The molecule has 1 heterocycles. The molecule has 0 spiro atoms. The minimum Gasteiger partial charge on any atom is -0.354 e. The maximum atomic E-state index is 13.3. The molecule has 0 unspecified atom stereocenters. The maximum absolute atomic E-state index is 13.3. The van der Waals surface area contributed by atoms with E-state index >= 15 is 0 Å². The molecule has 0 saturated carbocycles. The van der Waals surface area contributed by atoms with Crippen LogP contribution in [0.15, 0.2) is 30.0 Å². The molecule has 1 N–H and O–H groups in total. The minimum absolute atomic E-state index is 0.240. The Morgan fingerprint density at radius 3 is 2.44 bits per heavy atom. The fourth-order valence-electron chi connectivity index (χ4n) is 2.06. The summed E-state index contributed by atoms with van der Waals surface area (Å²) in [5.74, 6) is -1.75. The molecular weight excluding hydrogens is 254 g/mol. The second-order valence-electron chi connectivity index (χ2n) is 4.87. The highest BCUT2D eigenvalue weighted by molar-refractivity contribution is 7.80. The summed E-state index contributed by atoms with van der Waals surface area (Å²) in [5, 5.41) is 3.61. The van der Waals surface area contributed by atoms with Gasteiger partial charge >= 0.3 is 0 Å². The number of nitrogens with zero attached hydrogens (tertiary/aromatic N) is 1. The van der Waals surface area contributed by atoms with Crippen molar-refractivity contribution in [1.29, 1.82) is 0 Å². The van der Waals surface area contributed by atoms with Crippen molar-refractivity contribution >= 4 is 23.0 Å². The molecule has 1 aliphatic heterocycles. The van der Waals surface area contributed by atoms with Gasteiger partial charge < -0.3 is 5.32 Å². The fourth-order valence-corrected chi connectivity index (χ4v) is 2.57. The van der Waals surface area contributed by atoms with E-state index in [1.807, 2.05) is 26.8 Å². The Labute approximate surface area is 110 Å². The van der Waals surface area contributed by atoms with Gasteiger partial charge in [-0.1, -0.05) is 0 Å². The van der Waals surface area contributed by atoms with Gasteiger partial charge in [-0.3, -0.25) is 4.90 Å². The highest BCUT2D eigenvalue weighted by Gasteiger charge is 2.27. The van der Waals surface area contributed by atoms with E-state index in [4.69, 9.17) is 12.2 Å². The summed E-state index contributed by atoms with van der Waals surface area (Å²) in [4.78, 5) is 1.68. The second-order valence-corrected chi connectivity index (χ2v) is 5.26. The molecule has 0 saturated heterocycles. The van der Waals surface area contributed by atoms with Crippen LogP contribution >= 0.6 is 12.2 Å². The lowest BCUT2D eigenvalue weighted by Crippen LogP contribution is -2.53. The van der Waals surface area contributed by atoms with Crippen molar-refractivity contribution in [2.24, 2.45) is 0 Å². The zero-order chi connectivity index (χ0) is 13.5. The molecule has 18 heavy (non-hydrogen) atoms. The largest absolute Gasteiger partial charge is 0.354 e. The third kappa shape index (κ3) is 2.36. The van der Waals surface area contributed by atoms with Crippen molar-refractivity contribution in [3.8, 4) is 0 Å². The minimum atomic E-state index is -0.882. The molecule has 0 bridgehead atoms. The van der Waals surface area contributed by atoms with Crippen LogP contribution in [0.3, 0.4) is 0 Å². The number of benzene rings is 1. The van der Waals surface area contributed by atoms with Crippen LogP contribution < -0.4 is 10.2 Å². The van der Waals surface area contributed by atoms with Gasteiger partial charge in [0.25, 0.3) is 0 Å². The third-order valence-corrected chi connectivity index (χ3v) is 3.00. The molecule has 2 rings (SSSR count). The van der Waals surface area contributed by atoms with Crippen LogP contribution in [-0.4, -0.2) is 10.7 Å². The average molecular weight is 268 g/mol. The Bertz CT molecular complexity index is 538. The summed E-state index contributed by atoms with van der Waals surface area (Å²) in [7, 11) is 0. The number of hydrogen-bond donors (Lipinski definition) is 1. The average Bonchev–Trinajstić information content (AvgIpc) is 2.20. The lowest BCUT2D eigenvalue weighted by molar-refractivity contribution is 0.508. The predicted octanol–water partition coefficient (Wildman–Crippen LogP) is 3.34. The molecule has 2 nitrogen and oxygen atoms in total. The Morgan fingerprint density at radius 2 is 1.89 bits per heavy atom. The molecule has 0 fully saturated rings. The molecule has 1 aliphatic rings. The van der Waals surface area contributed by atoms with Crippen LogP contribution in [0.2, 0.25) is 0 Å². The topological polar surface area (TPSA) is 15.3 Å². The number of anilines is 1. The molecule has 0 aromatic heterocycles. The van der Waals surface area contributed by atoms with E-state index in [0.717, 1.165) is 17.8 Å². The summed E-state index contributed by atoms with van der Waals surface area (Å²) in [6, 6.07) is 3.74. The molecule has 0 amide bonds. The van der Waals surface area contributed by atoms with Gasteiger partial charge in [0.05, 0.1) is 11.2 Å². The standard InChI is InChI=1S/C13H14F2N2S/c1-8-7-13(2,3)16-12(18)17(8)9-4-5-10(14)11(15)6-9/h4-7H,1-3H3,(H,16,18). The van der Waals surface area contributed by atoms with E-state index in [-0.39, 0.29) is 5.54 Å². The van der Waals surface area contributed by atoms with Crippen molar-refractivity contribution in [2.45, 2.75) is 26.3 Å². The third-order valence-electron chi connectivity index (χ3n) is 2.72. The summed E-state index contributed by atoms with van der Waals surface area (Å²) in [5.41, 5.74) is 1.15. The Kier molecular flexibility index (Phi) is 3.11. The number of thiocarbonyl (C=S) groups is 1. The number of hydrogen-bond acceptors (Lipinski definition) is 1. The normalized spacial score (nSPS) is 18.4. The lowest BCUT2D eigenvalue weighted by atomic mass is 10.0. The van der Waals surface area contributed by atoms with Gasteiger partial charge in [0.2, 0.25) is 0 Å². The molecule has 0 aliphatic carbocycles. The summed E-state index contributed by atoms with van der Waals surface area (Å²) in [6.45, 7) is 5.87. The predicted molar refractivity (Wildman–Crippen MR) is 72.4 cm³/mol. The summed E-state index contributed by atoms with van der Waals surface area (Å²) >= 11 is 5.27. The number of nitrogens with one attached hydrogen (secondary N) is 1. The lowest BCUT2D eigenvalue weighted by Gasteiger charge is -2.38. The Balaban J connectivity index is 2.44. The van der Waals surface area contributed by atoms with Gasteiger partial charge in [-0.05, 0) is 51.2 Å². The molecule has 1 aromatic rings. The van der Waals surface area contributed by atoms with E-state index in [0.29, 0.717) is 10.8 Å². The summed E-state index contributed by atoms with van der Waals surface area (Å²) < 4.78 is 26.2. The molecule has 0 atom stereocenters. The molecular formula is C13H14F2N2S. The van der Waals surface area contributed by atoms with E-state index in [1.165, 1.54) is 6.07 Å². The van der Waals surface area contributed by atoms with Crippen LogP contribution in [0.4, 0.5) is 14.5 Å². The first-order valence-corrected chi connectivity index (χ1v) is 5.98. The van der Waals surface area contributed by atoms with Gasteiger partial charge in [-0.2, -0.15) is 0 Å². The highest BCUT2D eigenvalue weighted by atomic mass is 32.1. The molecule has 96 valence electrons. The monoisotopic (exact) mass is 268 g/mol. The SMILES string of the molecule is CC1=CC(C)(C)NC(=S)N1c1ccc(F)c(F)c1. The highest BCUT2D eigenvalue weighted by Crippen LogP contribution is 2.26. The smallest absolute Gasteiger partial charge is 0.178 e. The molecule has 5 heteroatoms. The zero-order valence-corrected chi connectivity index (χ0v) is 11.2. The number of rotatable bonds is 1. The summed E-state index contributed by atoms with van der Waals surface area (Å²) in [6.07, 6.45) is 1.99. The van der Waals surface area contributed by atoms with E-state index in [2.05, 4.69) is 5.32 Å². The van der Waals surface area contributed by atoms with Crippen LogP contribution in [0.1, 0.15) is 20.8 Å². The first-order chi connectivity index (χ1) is 8.30. The molecule has 1 aromatic carbocycles. The van der Waals surface area contributed by atoms with Crippen molar-refractivity contribution in [1.82, 2.24) is 5.32 Å². The Hall–Kier alpha value is -1.49. The zero-order valence-electron chi connectivity index (χ0n) is 10.4. The van der Waals surface area contributed by atoms with Crippen molar-refractivity contribution in [3.05, 3.63) is 41.6 Å². The van der Waals surface area contributed by atoms with Crippen molar-refractivity contribution < 1.29 is 8.78 Å². The van der Waals surface area contributed by atoms with Crippen molar-refractivity contribution in [2.75, 3.05) is 4.90 Å². The van der Waals surface area contributed by atoms with E-state index in [9.17, 15) is 8.78 Å². The fraction of sp³-hybridized carbons (Fsp3) is 0.308.